The number of rotatable bonds is 5. The van der Waals surface area contributed by atoms with E-state index in [-0.39, 0.29) is 0 Å². The van der Waals surface area contributed by atoms with Crippen LogP contribution in [0.5, 0.6) is 11.5 Å². The Balaban J connectivity index is 1.27. The van der Waals surface area contributed by atoms with Crippen LogP contribution in [0.25, 0.3) is 10.9 Å². The first-order chi connectivity index (χ1) is 15.1. The van der Waals surface area contributed by atoms with Crippen LogP contribution in [0.3, 0.4) is 0 Å². The molecule has 0 fully saturated rings. The molecule has 1 atom stereocenters. The number of ether oxygens (including phenoxy) is 2. The molecule has 4 aromatic rings. The van der Waals surface area contributed by atoms with Crippen molar-refractivity contribution >= 4 is 28.2 Å². The van der Waals surface area contributed by atoms with Gasteiger partial charge in [0.05, 0.1) is 17.8 Å². The highest BCUT2D eigenvalue weighted by atomic mass is 35.5. The SMILES string of the molecule is Nc1cccc(CC2COc3ccc(OCc4ccc5ccc(Cl)cc5n4)cc3C2)c1. The van der Waals surface area contributed by atoms with Crippen LogP contribution in [0.1, 0.15) is 16.8 Å². The fourth-order valence-electron chi connectivity index (χ4n) is 4.08. The van der Waals surface area contributed by atoms with Crippen molar-refractivity contribution in [1.82, 2.24) is 4.98 Å². The van der Waals surface area contributed by atoms with Gasteiger partial charge in [-0.3, -0.25) is 0 Å². The van der Waals surface area contributed by atoms with Crippen LogP contribution in [-0.4, -0.2) is 11.6 Å². The number of aromatic nitrogens is 1. The van der Waals surface area contributed by atoms with Gasteiger partial charge in [0.1, 0.15) is 18.1 Å². The minimum absolute atomic E-state index is 0.398. The van der Waals surface area contributed by atoms with E-state index >= 15 is 0 Å². The molecule has 0 saturated carbocycles. The number of anilines is 1. The molecule has 3 aromatic carbocycles. The number of halogens is 1. The highest BCUT2D eigenvalue weighted by Gasteiger charge is 2.21. The van der Waals surface area contributed by atoms with Crippen molar-refractivity contribution in [3.63, 3.8) is 0 Å². The topological polar surface area (TPSA) is 57.4 Å². The van der Waals surface area contributed by atoms with Crippen LogP contribution < -0.4 is 15.2 Å². The molecule has 0 amide bonds. The van der Waals surface area contributed by atoms with E-state index in [4.69, 9.17) is 26.8 Å². The molecule has 0 spiro atoms. The molecule has 2 heterocycles. The Hall–Kier alpha value is -3.24. The Morgan fingerprint density at radius 3 is 2.84 bits per heavy atom. The number of nitrogen functional groups attached to an aromatic ring is 1. The van der Waals surface area contributed by atoms with E-state index in [2.05, 4.69) is 17.1 Å². The summed E-state index contributed by atoms with van der Waals surface area (Å²) < 4.78 is 12.0. The Morgan fingerprint density at radius 1 is 1.03 bits per heavy atom. The second-order valence-electron chi connectivity index (χ2n) is 8.03. The van der Waals surface area contributed by atoms with Gasteiger partial charge in [0.25, 0.3) is 0 Å². The standard InChI is InChI=1S/C26H23ClN2O2/c27-21-6-4-19-5-7-23(29-25(19)14-21)16-30-24-8-9-26-20(13-24)11-18(15-31-26)10-17-2-1-3-22(28)12-17/h1-9,12-14,18H,10-11,15-16,28H2. The summed E-state index contributed by atoms with van der Waals surface area (Å²) in [5, 5.41) is 1.74. The largest absolute Gasteiger partial charge is 0.493 e. The van der Waals surface area contributed by atoms with Crippen molar-refractivity contribution < 1.29 is 9.47 Å². The van der Waals surface area contributed by atoms with Crippen molar-refractivity contribution in [2.45, 2.75) is 19.4 Å². The monoisotopic (exact) mass is 430 g/mol. The predicted molar refractivity (Wildman–Crippen MR) is 125 cm³/mol. The lowest BCUT2D eigenvalue weighted by Gasteiger charge is -2.26. The molecule has 0 bridgehead atoms. The molecular weight excluding hydrogens is 408 g/mol. The zero-order valence-corrected chi connectivity index (χ0v) is 17.8. The Bertz CT molecular complexity index is 1240. The Labute approximate surface area is 186 Å². The number of pyridine rings is 1. The van der Waals surface area contributed by atoms with E-state index in [1.54, 1.807) is 0 Å². The van der Waals surface area contributed by atoms with Crippen molar-refractivity contribution in [2.24, 2.45) is 5.92 Å². The maximum atomic E-state index is 6.09. The van der Waals surface area contributed by atoms with Crippen LogP contribution >= 0.6 is 11.6 Å². The van der Waals surface area contributed by atoms with Crippen LogP contribution in [0.2, 0.25) is 5.02 Å². The van der Waals surface area contributed by atoms with Gasteiger partial charge >= 0.3 is 0 Å². The maximum Gasteiger partial charge on any atom is 0.130 e. The molecule has 1 aliphatic heterocycles. The van der Waals surface area contributed by atoms with Crippen molar-refractivity contribution in [1.29, 1.82) is 0 Å². The van der Waals surface area contributed by atoms with Crippen molar-refractivity contribution in [3.05, 3.63) is 94.6 Å². The highest BCUT2D eigenvalue weighted by molar-refractivity contribution is 6.31. The third-order valence-corrected chi connectivity index (χ3v) is 5.82. The first-order valence-electron chi connectivity index (χ1n) is 10.4. The van der Waals surface area contributed by atoms with Crippen LogP contribution in [-0.2, 0) is 19.4 Å². The van der Waals surface area contributed by atoms with Gasteiger partial charge in [-0.1, -0.05) is 35.9 Å². The summed E-state index contributed by atoms with van der Waals surface area (Å²) in [5.74, 6) is 2.17. The third-order valence-electron chi connectivity index (χ3n) is 5.59. The molecular formula is C26H23ClN2O2. The van der Waals surface area contributed by atoms with Gasteiger partial charge in [0.2, 0.25) is 0 Å². The molecule has 2 N–H and O–H groups in total. The molecule has 4 nitrogen and oxygen atoms in total. The molecule has 156 valence electrons. The number of hydrogen-bond acceptors (Lipinski definition) is 4. The fraction of sp³-hybridized carbons (Fsp3) is 0.192. The number of hydrogen-bond donors (Lipinski definition) is 1. The predicted octanol–water partition coefficient (Wildman–Crippen LogP) is 5.84. The lowest BCUT2D eigenvalue weighted by Crippen LogP contribution is -2.22. The number of benzene rings is 3. The summed E-state index contributed by atoms with van der Waals surface area (Å²) in [7, 11) is 0. The van der Waals surface area contributed by atoms with Crippen LogP contribution in [0.15, 0.2) is 72.8 Å². The molecule has 31 heavy (non-hydrogen) atoms. The fourth-order valence-corrected chi connectivity index (χ4v) is 4.24. The minimum Gasteiger partial charge on any atom is -0.493 e. The van der Waals surface area contributed by atoms with E-state index in [0.717, 1.165) is 46.6 Å². The molecule has 0 radical (unpaired) electrons. The Morgan fingerprint density at radius 2 is 1.94 bits per heavy atom. The summed E-state index contributed by atoms with van der Waals surface area (Å²) in [5.41, 5.74) is 10.9. The highest BCUT2D eigenvalue weighted by Crippen LogP contribution is 2.32. The van der Waals surface area contributed by atoms with Gasteiger partial charge in [-0.15, -0.1) is 0 Å². The van der Waals surface area contributed by atoms with E-state index in [9.17, 15) is 0 Å². The van der Waals surface area contributed by atoms with E-state index in [0.29, 0.717) is 24.2 Å². The van der Waals surface area contributed by atoms with Crippen molar-refractivity contribution in [2.75, 3.05) is 12.3 Å². The number of fused-ring (bicyclic) bond motifs is 2. The summed E-state index contributed by atoms with van der Waals surface area (Å²) in [4.78, 5) is 4.66. The van der Waals surface area contributed by atoms with Gasteiger partial charge in [0, 0.05) is 22.0 Å². The number of nitrogens with zero attached hydrogens (tertiary/aromatic N) is 1. The van der Waals surface area contributed by atoms with Crippen LogP contribution in [0, 0.1) is 5.92 Å². The van der Waals surface area contributed by atoms with Gasteiger partial charge in [0.15, 0.2) is 0 Å². The van der Waals surface area contributed by atoms with E-state index in [1.165, 1.54) is 11.1 Å². The number of nitrogens with two attached hydrogens (primary N) is 1. The van der Waals surface area contributed by atoms with Gasteiger partial charge in [-0.05, 0) is 72.5 Å². The smallest absolute Gasteiger partial charge is 0.130 e. The van der Waals surface area contributed by atoms with Gasteiger partial charge in [-0.2, -0.15) is 0 Å². The third kappa shape index (κ3) is 4.59. The van der Waals surface area contributed by atoms with Gasteiger partial charge < -0.3 is 15.2 Å². The second kappa shape index (κ2) is 8.48. The first kappa shape index (κ1) is 19.7. The summed E-state index contributed by atoms with van der Waals surface area (Å²) in [6, 6.07) is 23.9. The molecule has 5 heteroatoms. The maximum absolute atomic E-state index is 6.09. The summed E-state index contributed by atoms with van der Waals surface area (Å²) in [6.07, 6.45) is 1.90. The van der Waals surface area contributed by atoms with Crippen molar-refractivity contribution in [3.8, 4) is 11.5 Å². The summed E-state index contributed by atoms with van der Waals surface area (Å²) in [6.45, 7) is 1.11. The molecule has 1 unspecified atom stereocenters. The molecule has 1 aromatic heterocycles. The first-order valence-corrected chi connectivity index (χ1v) is 10.8. The van der Waals surface area contributed by atoms with E-state index in [1.807, 2.05) is 60.7 Å². The molecule has 5 rings (SSSR count). The van der Waals surface area contributed by atoms with Gasteiger partial charge in [-0.25, -0.2) is 4.98 Å². The molecule has 1 aliphatic rings. The van der Waals surface area contributed by atoms with Crippen LogP contribution in [0.4, 0.5) is 5.69 Å². The zero-order valence-electron chi connectivity index (χ0n) is 17.1. The quantitative estimate of drug-likeness (QED) is 0.404. The lowest BCUT2D eigenvalue weighted by atomic mass is 9.91. The molecule has 0 aliphatic carbocycles. The minimum atomic E-state index is 0.398. The summed E-state index contributed by atoms with van der Waals surface area (Å²) >= 11 is 6.09. The van der Waals surface area contributed by atoms with E-state index < -0.39 is 0 Å². The zero-order chi connectivity index (χ0) is 21.2. The Kier molecular flexibility index (Phi) is 5.39. The lowest BCUT2D eigenvalue weighted by molar-refractivity contribution is 0.220. The average Bonchev–Trinajstić information content (AvgIpc) is 2.77. The second-order valence-corrected chi connectivity index (χ2v) is 8.46. The molecule has 0 saturated heterocycles. The normalized spacial score (nSPS) is 15.3. The average molecular weight is 431 g/mol.